The summed E-state index contributed by atoms with van der Waals surface area (Å²) in [6, 6.07) is 34.7. The van der Waals surface area contributed by atoms with Crippen molar-refractivity contribution < 1.29 is 25.8 Å². The second-order valence-corrected chi connectivity index (χ2v) is 14.2. The number of aryl methyl sites for hydroxylation is 3. The van der Waals surface area contributed by atoms with E-state index in [1.165, 1.54) is 27.8 Å². The molecule has 0 atom stereocenters. The van der Waals surface area contributed by atoms with Crippen LogP contribution in [-0.2, 0) is 26.5 Å². The maximum absolute atomic E-state index is 6.62. The van der Waals surface area contributed by atoms with E-state index in [0.29, 0.717) is 11.5 Å². The molecule has 0 saturated heterocycles. The van der Waals surface area contributed by atoms with Crippen LogP contribution in [-0.4, -0.2) is 19.3 Å². The smallest absolute Gasteiger partial charge is 0.509 e. The molecule has 0 amide bonds. The maximum atomic E-state index is 6.62. The second kappa shape index (κ2) is 13.1. The van der Waals surface area contributed by atoms with Crippen LogP contribution in [0, 0.1) is 39.8 Å². The molecule has 0 fully saturated rings. The molecule has 0 aliphatic rings. The average molecular weight is 826 g/mol. The van der Waals surface area contributed by atoms with Gasteiger partial charge in [-0.3, -0.25) is 4.68 Å². The fourth-order valence-corrected chi connectivity index (χ4v) is 6.80. The predicted molar refractivity (Wildman–Crippen MR) is 197 cm³/mol. The summed E-state index contributed by atoms with van der Waals surface area (Å²) in [7, 11) is 0. The summed E-state index contributed by atoms with van der Waals surface area (Å²) in [4.78, 5) is 4.82. The normalized spacial score (nSPS) is 11.8. The summed E-state index contributed by atoms with van der Waals surface area (Å²) in [5, 5.41) is 7.29. The van der Waals surface area contributed by atoms with Crippen LogP contribution in [0.1, 0.15) is 74.2 Å². The molecule has 3 aromatic heterocycles. The molecule has 0 N–H and O–H groups in total. The molecule has 4 aromatic carbocycles. The van der Waals surface area contributed by atoms with Gasteiger partial charge in [-0.25, -0.2) is 4.98 Å². The molecule has 0 saturated carbocycles. The Labute approximate surface area is 304 Å². The van der Waals surface area contributed by atoms with E-state index in [4.69, 9.17) is 14.8 Å². The summed E-state index contributed by atoms with van der Waals surface area (Å²) < 4.78 is 10.8. The SMILES string of the molecule is Cc1cccc(C)c1-c1c(C)nn(-c2[c-]c(Oc3[c-]c4c(cc3)c3ccccc3n4-c3cc(C(C)(C)C)ccn3)cc(C(C)C)c2)c1C.[Pt+2]. The standard InChI is InChI=1S/C43H42N4O.Pt/c1-26(2)31-21-33(47-30(6)42(29(5)45-47)41-27(3)13-12-14-28(41)4)24-35(22-31)48-34-17-18-37-36-15-10-11-16-38(36)46(39(37)25-34)40-23-32(19-20-44-40)43(7,8)9;/h10-23,26H,1-9H3;/q-2;+2. The molecule has 0 spiro atoms. The third kappa shape index (κ3) is 6.26. The number of benzene rings is 4. The van der Waals surface area contributed by atoms with Crippen LogP contribution < -0.4 is 4.74 Å². The van der Waals surface area contributed by atoms with E-state index in [-0.39, 0.29) is 32.4 Å². The molecule has 0 radical (unpaired) electrons. The minimum Gasteiger partial charge on any atom is -0.509 e. The van der Waals surface area contributed by atoms with Crippen LogP contribution in [0.15, 0.2) is 85.1 Å². The van der Waals surface area contributed by atoms with Gasteiger partial charge in [0, 0.05) is 34.5 Å². The number of hydrogen-bond donors (Lipinski definition) is 0. The molecule has 0 unspecified atom stereocenters. The molecule has 250 valence electrons. The van der Waals surface area contributed by atoms with E-state index < -0.39 is 0 Å². The summed E-state index contributed by atoms with van der Waals surface area (Å²) >= 11 is 0. The van der Waals surface area contributed by atoms with Gasteiger partial charge in [-0.1, -0.05) is 76.5 Å². The number of hydrogen-bond acceptors (Lipinski definition) is 3. The van der Waals surface area contributed by atoms with Crippen molar-refractivity contribution in [2.24, 2.45) is 0 Å². The summed E-state index contributed by atoms with van der Waals surface area (Å²) in [5.41, 5.74) is 12.2. The first-order chi connectivity index (χ1) is 22.9. The second-order valence-electron chi connectivity index (χ2n) is 14.2. The van der Waals surface area contributed by atoms with E-state index in [1.807, 2.05) is 16.9 Å². The first kappa shape index (κ1) is 34.4. The Balaban J connectivity index is 0.00000417. The molecule has 49 heavy (non-hydrogen) atoms. The maximum Gasteiger partial charge on any atom is 2.00 e. The fourth-order valence-electron chi connectivity index (χ4n) is 6.80. The van der Waals surface area contributed by atoms with Crippen molar-refractivity contribution in [3.63, 3.8) is 0 Å². The summed E-state index contributed by atoms with van der Waals surface area (Å²) in [6.45, 7) is 19.6. The van der Waals surface area contributed by atoms with Gasteiger partial charge in [-0.15, -0.1) is 41.3 Å². The fraction of sp³-hybridized carbons (Fsp3) is 0.256. The molecular weight excluding hydrogens is 784 g/mol. The number of nitrogens with zero attached hydrogens (tertiary/aromatic N) is 4. The van der Waals surface area contributed by atoms with Gasteiger partial charge in [0.25, 0.3) is 0 Å². The Hall–Kier alpha value is -4.47. The molecular formula is C43H42N4OPt. The molecule has 7 rings (SSSR count). The monoisotopic (exact) mass is 825 g/mol. The van der Waals surface area contributed by atoms with Gasteiger partial charge in [-0.05, 0) is 90.6 Å². The summed E-state index contributed by atoms with van der Waals surface area (Å²) in [6.07, 6.45) is 1.90. The Morgan fingerprint density at radius 2 is 1.49 bits per heavy atom. The van der Waals surface area contributed by atoms with Crippen molar-refractivity contribution in [2.45, 2.75) is 73.6 Å². The number of para-hydroxylation sites is 1. The number of aromatic nitrogens is 4. The molecule has 0 bridgehead atoms. The number of rotatable bonds is 6. The number of fused-ring (bicyclic) bond motifs is 3. The molecule has 0 aliphatic heterocycles. The van der Waals surface area contributed by atoms with Crippen molar-refractivity contribution in [1.82, 2.24) is 19.3 Å². The minimum atomic E-state index is -0.00556. The van der Waals surface area contributed by atoms with Crippen LogP contribution in [0.5, 0.6) is 11.5 Å². The van der Waals surface area contributed by atoms with Crippen LogP contribution in [0.3, 0.4) is 0 Å². The van der Waals surface area contributed by atoms with E-state index in [2.05, 4.69) is 152 Å². The average Bonchev–Trinajstić information content (AvgIpc) is 3.53. The topological polar surface area (TPSA) is 44.9 Å². The molecule has 7 aromatic rings. The Kier molecular flexibility index (Phi) is 9.19. The number of pyridine rings is 1. The van der Waals surface area contributed by atoms with Crippen molar-refractivity contribution >= 4 is 21.8 Å². The van der Waals surface area contributed by atoms with Gasteiger partial charge in [0.15, 0.2) is 0 Å². The first-order valence-corrected chi connectivity index (χ1v) is 16.7. The molecule has 6 heteroatoms. The zero-order chi connectivity index (χ0) is 33.9. The van der Waals surface area contributed by atoms with Crippen molar-refractivity contribution in [2.75, 3.05) is 0 Å². The van der Waals surface area contributed by atoms with Crippen LogP contribution >= 0.6 is 0 Å². The van der Waals surface area contributed by atoms with Gasteiger partial charge in [0.2, 0.25) is 0 Å². The van der Waals surface area contributed by atoms with Crippen LogP contribution in [0.4, 0.5) is 0 Å². The number of ether oxygens (including phenoxy) is 1. The molecule has 0 aliphatic carbocycles. The quantitative estimate of drug-likeness (QED) is 0.157. The van der Waals surface area contributed by atoms with Crippen LogP contribution in [0.2, 0.25) is 0 Å². The van der Waals surface area contributed by atoms with Crippen molar-refractivity contribution in [3.05, 3.63) is 131 Å². The zero-order valence-corrected chi connectivity index (χ0v) is 31.9. The summed E-state index contributed by atoms with van der Waals surface area (Å²) in [5.74, 6) is 2.39. The van der Waals surface area contributed by atoms with E-state index in [0.717, 1.165) is 50.3 Å². The largest absolute Gasteiger partial charge is 2.00 e. The van der Waals surface area contributed by atoms with E-state index >= 15 is 0 Å². The Bertz CT molecular complexity index is 2320. The first-order valence-electron chi connectivity index (χ1n) is 16.7. The zero-order valence-electron chi connectivity index (χ0n) is 29.7. The van der Waals surface area contributed by atoms with Gasteiger partial charge in [-0.2, -0.15) is 11.2 Å². The molecule has 3 heterocycles. The van der Waals surface area contributed by atoms with Gasteiger partial charge < -0.3 is 9.30 Å². The minimum absolute atomic E-state index is 0. The van der Waals surface area contributed by atoms with Crippen LogP contribution in [0.25, 0.3) is 44.4 Å². The Morgan fingerprint density at radius 1 is 0.755 bits per heavy atom. The Morgan fingerprint density at radius 3 is 2.20 bits per heavy atom. The third-order valence-corrected chi connectivity index (χ3v) is 9.39. The van der Waals surface area contributed by atoms with Crippen molar-refractivity contribution in [3.8, 4) is 34.1 Å². The van der Waals surface area contributed by atoms with E-state index in [9.17, 15) is 0 Å². The van der Waals surface area contributed by atoms with Crippen molar-refractivity contribution in [1.29, 1.82) is 0 Å². The van der Waals surface area contributed by atoms with Gasteiger partial charge in [0.1, 0.15) is 5.82 Å². The third-order valence-electron chi connectivity index (χ3n) is 9.39. The molecule has 5 nitrogen and oxygen atoms in total. The van der Waals surface area contributed by atoms with Gasteiger partial charge >= 0.3 is 21.1 Å². The van der Waals surface area contributed by atoms with E-state index in [1.54, 1.807) is 0 Å². The predicted octanol–water partition coefficient (Wildman–Crippen LogP) is 11.1. The van der Waals surface area contributed by atoms with Gasteiger partial charge in [0.05, 0.1) is 5.69 Å².